The Morgan fingerprint density at radius 2 is 1.61 bits per heavy atom. The molecule has 4 rings (SSSR count). The van der Waals surface area contributed by atoms with Gasteiger partial charge in [-0.1, -0.05) is 66.7 Å². The molecule has 1 aliphatic rings. The van der Waals surface area contributed by atoms with E-state index in [4.69, 9.17) is 20.6 Å². The SMILES string of the molecule is C#CCCOc1ccc(CO[C@]2(C(=O)O)C[C@H](O)[C@@H](NC(=O)CO)[C@H]([C@H](O)[C@H](O)CNC(=O)Cc3ccc(-c4ccccc4)cc3)O2)cc1. The Morgan fingerprint density at radius 3 is 2.24 bits per heavy atom. The molecule has 0 unspecified atom stereocenters. The number of nitrogens with one attached hydrogen (secondary N) is 2. The van der Waals surface area contributed by atoms with Gasteiger partial charge in [0.1, 0.15) is 24.6 Å². The molecule has 1 saturated heterocycles. The first kappa shape index (κ1) is 37.0. The van der Waals surface area contributed by atoms with Crippen LogP contribution in [0.2, 0.25) is 0 Å². The van der Waals surface area contributed by atoms with Crippen molar-refractivity contribution in [1.82, 2.24) is 10.6 Å². The average molecular weight is 677 g/mol. The summed E-state index contributed by atoms with van der Waals surface area (Å²) in [4.78, 5) is 37.3. The summed E-state index contributed by atoms with van der Waals surface area (Å²) in [6, 6.07) is 22.1. The van der Waals surface area contributed by atoms with Crippen LogP contribution in [0.4, 0.5) is 0 Å². The molecule has 6 atom stereocenters. The number of hydrogen-bond acceptors (Lipinski definition) is 10. The summed E-state index contributed by atoms with van der Waals surface area (Å²) in [6.45, 7) is -1.43. The third-order valence-corrected chi connectivity index (χ3v) is 7.95. The van der Waals surface area contributed by atoms with E-state index < -0.39 is 73.6 Å². The van der Waals surface area contributed by atoms with Crippen LogP contribution >= 0.6 is 0 Å². The molecule has 0 bridgehead atoms. The maximum atomic E-state index is 12.7. The normalized spacial score (nSPS) is 21.5. The molecule has 3 aromatic carbocycles. The highest BCUT2D eigenvalue weighted by Gasteiger charge is 2.55. The number of rotatable bonds is 16. The van der Waals surface area contributed by atoms with E-state index in [1.807, 2.05) is 42.5 Å². The highest BCUT2D eigenvalue weighted by atomic mass is 16.7. The van der Waals surface area contributed by atoms with Crippen molar-refractivity contribution >= 4 is 17.8 Å². The second kappa shape index (κ2) is 17.5. The van der Waals surface area contributed by atoms with Gasteiger partial charge in [0.25, 0.3) is 5.79 Å². The van der Waals surface area contributed by atoms with Crippen LogP contribution in [-0.4, -0.2) is 99.3 Å². The standard InChI is InChI=1S/C36H40N2O11/c1-2-3-17-47-27-15-11-24(12-16-27)22-48-36(35(45)46)19-28(40)32(38-31(43)21-39)34(49-36)33(44)29(41)20-37-30(42)18-23-9-13-26(14-10-23)25-7-5-4-6-8-25/h1,4-16,28-29,32-34,39-41,44H,3,17-22H2,(H,37,42)(H,38,43)(H,45,46)/t28-,29+,32+,33+,34+,36+/m0/s1. The molecule has 1 heterocycles. The van der Waals surface area contributed by atoms with Gasteiger partial charge in [-0.05, 0) is 34.4 Å². The van der Waals surface area contributed by atoms with Gasteiger partial charge in [-0.25, -0.2) is 4.79 Å². The maximum absolute atomic E-state index is 12.7. The van der Waals surface area contributed by atoms with Gasteiger partial charge in [-0.15, -0.1) is 12.3 Å². The number of amides is 2. The minimum absolute atomic E-state index is 0.0281. The number of carbonyl (C=O) groups excluding carboxylic acids is 2. The lowest BCUT2D eigenvalue weighted by Gasteiger charge is -2.46. The Morgan fingerprint density at radius 1 is 0.959 bits per heavy atom. The summed E-state index contributed by atoms with van der Waals surface area (Å²) in [7, 11) is 0. The minimum atomic E-state index is -2.51. The summed E-state index contributed by atoms with van der Waals surface area (Å²) in [6.07, 6.45) is -2.14. The van der Waals surface area contributed by atoms with E-state index in [2.05, 4.69) is 16.6 Å². The number of aliphatic carboxylic acids is 1. The van der Waals surface area contributed by atoms with Crippen LogP contribution in [-0.2, 0) is 36.9 Å². The van der Waals surface area contributed by atoms with Crippen LogP contribution in [0, 0.1) is 12.3 Å². The number of ether oxygens (including phenoxy) is 3. The molecule has 0 saturated carbocycles. The van der Waals surface area contributed by atoms with Crippen molar-refractivity contribution in [3.63, 3.8) is 0 Å². The van der Waals surface area contributed by atoms with Crippen LogP contribution in [0.3, 0.4) is 0 Å². The van der Waals surface area contributed by atoms with Gasteiger partial charge in [0.05, 0.1) is 37.9 Å². The number of carboxylic acids is 1. The molecule has 3 aromatic rings. The molecule has 0 aromatic heterocycles. The third kappa shape index (κ3) is 10.1. The summed E-state index contributed by atoms with van der Waals surface area (Å²) in [5, 5.41) is 57.3. The number of hydrogen-bond donors (Lipinski definition) is 7. The highest BCUT2D eigenvalue weighted by molar-refractivity contribution is 5.79. The molecule has 1 fully saturated rings. The fraction of sp³-hybridized carbons (Fsp3) is 0.361. The summed E-state index contributed by atoms with van der Waals surface area (Å²) in [5.74, 6) is -2.56. The number of carbonyl (C=O) groups is 3. The lowest BCUT2D eigenvalue weighted by atomic mass is 9.88. The number of aliphatic hydroxyl groups is 4. The maximum Gasteiger partial charge on any atom is 0.364 e. The molecule has 1 aliphatic heterocycles. The second-order valence-electron chi connectivity index (χ2n) is 11.5. The number of benzene rings is 3. The molecular weight excluding hydrogens is 636 g/mol. The molecule has 260 valence electrons. The molecule has 0 aliphatic carbocycles. The Hall–Kier alpha value is -4.81. The second-order valence-corrected chi connectivity index (χ2v) is 11.5. The van der Waals surface area contributed by atoms with Crippen LogP contribution in [0.25, 0.3) is 11.1 Å². The van der Waals surface area contributed by atoms with Gasteiger partial charge >= 0.3 is 5.97 Å². The first-order chi connectivity index (χ1) is 23.5. The van der Waals surface area contributed by atoms with Gasteiger partial charge in [0.2, 0.25) is 11.8 Å². The van der Waals surface area contributed by atoms with Crippen LogP contribution in [0.15, 0.2) is 78.9 Å². The van der Waals surface area contributed by atoms with E-state index in [1.54, 1.807) is 36.4 Å². The van der Waals surface area contributed by atoms with Gasteiger partial charge < -0.3 is 50.4 Å². The largest absolute Gasteiger partial charge is 0.493 e. The first-order valence-corrected chi connectivity index (χ1v) is 15.6. The van der Waals surface area contributed by atoms with Crippen molar-refractivity contribution in [2.75, 3.05) is 19.8 Å². The summed E-state index contributed by atoms with van der Waals surface area (Å²) in [5.41, 5.74) is 3.22. The molecule has 2 amide bonds. The van der Waals surface area contributed by atoms with E-state index in [0.717, 1.165) is 11.1 Å². The lowest BCUT2D eigenvalue weighted by molar-refractivity contribution is -0.314. The molecule has 0 radical (unpaired) electrons. The van der Waals surface area contributed by atoms with Crippen molar-refractivity contribution in [3.8, 4) is 29.2 Å². The Balaban J connectivity index is 1.41. The molecule has 49 heavy (non-hydrogen) atoms. The van der Waals surface area contributed by atoms with Crippen molar-refractivity contribution < 1.29 is 54.1 Å². The zero-order valence-corrected chi connectivity index (χ0v) is 26.6. The molecule has 7 N–H and O–H groups in total. The van der Waals surface area contributed by atoms with Crippen LogP contribution in [0.5, 0.6) is 5.75 Å². The number of carboxylic acid groups (broad SMARTS) is 1. The van der Waals surface area contributed by atoms with Crippen molar-refractivity contribution in [3.05, 3.63) is 90.0 Å². The zero-order chi connectivity index (χ0) is 35.4. The van der Waals surface area contributed by atoms with Crippen molar-refractivity contribution in [1.29, 1.82) is 0 Å². The van der Waals surface area contributed by atoms with E-state index in [0.29, 0.717) is 29.9 Å². The van der Waals surface area contributed by atoms with E-state index in [-0.39, 0.29) is 13.0 Å². The summed E-state index contributed by atoms with van der Waals surface area (Å²) >= 11 is 0. The number of terminal acetylenes is 1. The minimum Gasteiger partial charge on any atom is -0.493 e. The van der Waals surface area contributed by atoms with Crippen LogP contribution < -0.4 is 15.4 Å². The fourth-order valence-electron chi connectivity index (χ4n) is 5.31. The van der Waals surface area contributed by atoms with Crippen molar-refractivity contribution in [2.24, 2.45) is 0 Å². The van der Waals surface area contributed by atoms with Gasteiger partial charge in [0, 0.05) is 19.4 Å². The summed E-state index contributed by atoms with van der Waals surface area (Å²) < 4.78 is 17.0. The van der Waals surface area contributed by atoms with Crippen molar-refractivity contribution in [2.45, 2.75) is 62.1 Å². The topological polar surface area (TPSA) is 204 Å². The van der Waals surface area contributed by atoms with Gasteiger partial charge in [0.15, 0.2) is 0 Å². The smallest absolute Gasteiger partial charge is 0.364 e. The fourth-order valence-corrected chi connectivity index (χ4v) is 5.31. The Bertz CT molecular complexity index is 1580. The number of aliphatic hydroxyl groups excluding tert-OH is 4. The third-order valence-electron chi connectivity index (χ3n) is 7.95. The van der Waals surface area contributed by atoms with E-state index in [1.165, 1.54) is 0 Å². The van der Waals surface area contributed by atoms with Gasteiger partial charge in [-0.3, -0.25) is 9.59 Å². The Kier molecular flexibility index (Phi) is 13.3. The molecule has 13 heteroatoms. The van der Waals surface area contributed by atoms with E-state index >= 15 is 0 Å². The Labute approximate surface area is 283 Å². The zero-order valence-electron chi connectivity index (χ0n) is 26.6. The first-order valence-electron chi connectivity index (χ1n) is 15.6. The van der Waals surface area contributed by atoms with E-state index in [9.17, 15) is 39.9 Å². The predicted molar refractivity (Wildman–Crippen MR) is 176 cm³/mol. The quantitative estimate of drug-likeness (QED) is 0.0834. The average Bonchev–Trinajstić information content (AvgIpc) is 3.11. The van der Waals surface area contributed by atoms with Gasteiger partial charge in [-0.2, -0.15) is 0 Å². The highest BCUT2D eigenvalue weighted by Crippen LogP contribution is 2.34. The lowest BCUT2D eigenvalue weighted by Crippen LogP contribution is -2.68. The monoisotopic (exact) mass is 676 g/mol. The predicted octanol–water partition coefficient (Wildman–Crippen LogP) is 0.761. The molecular formula is C36H40N2O11. The molecule has 13 nitrogen and oxygen atoms in total. The molecule has 0 spiro atoms. The van der Waals surface area contributed by atoms with Crippen LogP contribution in [0.1, 0.15) is 24.0 Å².